The maximum absolute atomic E-state index is 6.15. The van der Waals surface area contributed by atoms with Gasteiger partial charge in [0.1, 0.15) is 5.75 Å². The smallest absolute Gasteiger partial charge is 0.119 e. The summed E-state index contributed by atoms with van der Waals surface area (Å²) in [6.45, 7) is 9.11. The highest BCUT2D eigenvalue weighted by Crippen LogP contribution is 2.42. The fourth-order valence-electron chi connectivity index (χ4n) is 3.28. The fraction of sp³-hybridized carbons (Fsp3) is 0.647. The van der Waals surface area contributed by atoms with Crippen LogP contribution in [0, 0.1) is 5.41 Å². The lowest BCUT2D eigenvalue weighted by atomic mass is 9.80. The van der Waals surface area contributed by atoms with Crippen molar-refractivity contribution in [3.05, 3.63) is 29.8 Å². The van der Waals surface area contributed by atoms with Gasteiger partial charge in [-0.25, -0.2) is 0 Å². The van der Waals surface area contributed by atoms with Gasteiger partial charge in [-0.1, -0.05) is 32.9 Å². The highest BCUT2D eigenvalue weighted by Gasteiger charge is 2.44. The molecule has 1 aromatic carbocycles. The van der Waals surface area contributed by atoms with Crippen LogP contribution in [0.1, 0.15) is 45.6 Å². The maximum atomic E-state index is 6.15. The van der Waals surface area contributed by atoms with E-state index in [1.165, 1.54) is 37.9 Å². The predicted molar refractivity (Wildman–Crippen MR) is 78.7 cm³/mol. The molecule has 0 unspecified atom stereocenters. The van der Waals surface area contributed by atoms with Crippen molar-refractivity contribution < 1.29 is 4.74 Å². The van der Waals surface area contributed by atoms with Crippen molar-refractivity contribution in [3.63, 3.8) is 0 Å². The molecular formula is C17H25NO. The van der Waals surface area contributed by atoms with Gasteiger partial charge in [0.15, 0.2) is 0 Å². The first-order chi connectivity index (χ1) is 8.97. The van der Waals surface area contributed by atoms with Gasteiger partial charge >= 0.3 is 0 Å². The standard InChI is InChI=1S/C17H25NO/c1-16(2,3)13-4-6-14(7-5-13)19-15-8-9-17(10-15)11-18-12-17/h4-7,15,18H,8-12H2,1-3H3/t15-/m1/s1. The molecular weight excluding hydrogens is 234 g/mol. The highest BCUT2D eigenvalue weighted by atomic mass is 16.5. The minimum atomic E-state index is 0.216. The van der Waals surface area contributed by atoms with E-state index in [2.05, 4.69) is 50.4 Å². The molecule has 2 aliphatic rings. The van der Waals surface area contributed by atoms with Crippen molar-refractivity contribution >= 4 is 0 Å². The fourth-order valence-corrected chi connectivity index (χ4v) is 3.28. The van der Waals surface area contributed by atoms with Crippen LogP contribution in [0.5, 0.6) is 5.75 Å². The van der Waals surface area contributed by atoms with E-state index in [-0.39, 0.29) is 5.41 Å². The van der Waals surface area contributed by atoms with E-state index in [1.54, 1.807) is 0 Å². The van der Waals surface area contributed by atoms with Crippen LogP contribution in [0.3, 0.4) is 0 Å². The first kappa shape index (κ1) is 13.0. The zero-order valence-corrected chi connectivity index (χ0v) is 12.3. The lowest BCUT2D eigenvalue weighted by Gasteiger charge is -2.39. The Morgan fingerprint density at radius 3 is 2.32 bits per heavy atom. The minimum absolute atomic E-state index is 0.216. The number of rotatable bonds is 2. The number of hydrogen-bond acceptors (Lipinski definition) is 2. The Morgan fingerprint density at radius 2 is 1.84 bits per heavy atom. The van der Waals surface area contributed by atoms with E-state index >= 15 is 0 Å². The molecule has 19 heavy (non-hydrogen) atoms. The van der Waals surface area contributed by atoms with E-state index in [0.29, 0.717) is 11.5 Å². The van der Waals surface area contributed by atoms with E-state index in [9.17, 15) is 0 Å². The van der Waals surface area contributed by atoms with Gasteiger partial charge < -0.3 is 10.1 Å². The number of nitrogens with one attached hydrogen (secondary N) is 1. The Balaban J connectivity index is 1.61. The van der Waals surface area contributed by atoms with Gasteiger partial charge in [0.25, 0.3) is 0 Å². The summed E-state index contributed by atoms with van der Waals surface area (Å²) in [5, 5.41) is 3.40. The molecule has 1 saturated heterocycles. The predicted octanol–water partition coefficient (Wildman–Crippen LogP) is 3.51. The SMILES string of the molecule is CC(C)(C)c1ccc(O[C@@H]2CCC3(CNC3)C2)cc1. The number of hydrogen-bond donors (Lipinski definition) is 1. The van der Waals surface area contributed by atoms with Crippen LogP contribution < -0.4 is 10.1 Å². The van der Waals surface area contributed by atoms with Crippen LogP contribution in [0.25, 0.3) is 0 Å². The van der Waals surface area contributed by atoms with Crippen molar-refractivity contribution in [3.8, 4) is 5.75 Å². The van der Waals surface area contributed by atoms with Crippen molar-refractivity contribution in [1.29, 1.82) is 0 Å². The average Bonchev–Trinajstić information content (AvgIpc) is 2.73. The van der Waals surface area contributed by atoms with Gasteiger partial charge in [0.05, 0.1) is 6.10 Å². The zero-order valence-electron chi connectivity index (χ0n) is 12.3. The summed E-state index contributed by atoms with van der Waals surface area (Å²) >= 11 is 0. The molecule has 0 amide bonds. The van der Waals surface area contributed by atoms with E-state index in [0.717, 1.165) is 5.75 Å². The Labute approximate surface area is 116 Å². The van der Waals surface area contributed by atoms with Crippen LogP contribution in [0.4, 0.5) is 0 Å². The van der Waals surface area contributed by atoms with E-state index < -0.39 is 0 Å². The van der Waals surface area contributed by atoms with Gasteiger partial charge in [0, 0.05) is 13.1 Å². The van der Waals surface area contributed by atoms with Crippen molar-refractivity contribution in [2.45, 2.75) is 51.6 Å². The third kappa shape index (κ3) is 2.64. The second kappa shape index (κ2) is 4.52. The van der Waals surface area contributed by atoms with Crippen molar-refractivity contribution in [2.24, 2.45) is 5.41 Å². The van der Waals surface area contributed by atoms with Gasteiger partial charge in [0.2, 0.25) is 0 Å². The molecule has 0 bridgehead atoms. The van der Waals surface area contributed by atoms with Crippen LogP contribution in [-0.2, 0) is 5.41 Å². The molecule has 104 valence electrons. The quantitative estimate of drug-likeness (QED) is 0.877. The molecule has 2 heteroatoms. The molecule has 0 radical (unpaired) electrons. The lowest BCUT2D eigenvalue weighted by molar-refractivity contribution is 0.137. The summed E-state index contributed by atoms with van der Waals surface area (Å²) in [7, 11) is 0. The third-order valence-electron chi connectivity index (χ3n) is 4.68. The minimum Gasteiger partial charge on any atom is -0.490 e. The van der Waals surface area contributed by atoms with Gasteiger partial charge in [-0.15, -0.1) is 0 Å². The van der Waals surface area contributed by atoms with E-state index in [1.807, 2.05) is 0 Å². The maximum Gasteiger partial charge on any atom is 0.119 e. The van der Waals surface area contributed by atoms with E-state index in [4.69, 9.17) is 4.74 Å². The third-order valence-corrected chi connectivity index (χ3v) is 4.68. The molecule has 1 aliphatic heterocycles. The second-order valence-corrected chi connectivity index (χ2v) is 7.36. The van der Waals surface area contributed by atoms with Crippen LogP contribution >= 0.6 is 0 Å². The number of ether oxygens (including phenoxy) is 1. The molecule has 1 N–H and O–H groups in total. The second-order valence-electron chi connectivity index (χ2n) is 7.36. The topological polar surface area (TPSA) is 21.3 Å². The largest absolute Gasteiger partial charge is 0.490 e. The van der Waals surface area contributed by atoms with Crippen LogP contribution in [0.2, 0.25) is 0 Å². The molecule has 1 saturated carbocycles. The van der Waals surface area contributed by atoms with Gasteiger partial charge in [-0.3, -0.25) is 0 Å². The Morgan fingerprint density at radius 1 is 1.16 bits per heavy atom. The molecule has 1 aromatic rings. The van der Waals surface area contributed by atoms with Gasteiger partial charge in [-0.2, -0.15) is 0 Å². The highest BCUT2D eigenvalue weighted by molar-refractivity contribution is 5.31. The molecule has 2 fully saturated rings. The normalized spacial score (nSPS) is 25.3. The van der Waals surface area contributed by atoms with Crippen LogP contribution in [-0.4, -0.2) is 19.2 Å². The Kier molecular flexibility index (Phi) is 3.09. The van der Waals surface area contributed by atoms with Crippen LogP contribution in [0.15, 0.2) is 24.3 Å². The Hall–Kier alpha value is -1.02. The molecule has 1 heterocycles. The average molecular weight is 259 g/mol. The summed E-state index contributed by atoms with van der Waals surface area (Å²) in [4.78, 5) is 0. The van der Waals surface area contributed by atoms with Gasteiger partial charge in [-0.05, 0) is 47.8 Å². The van der Waals surface area contributed by atoms with Crippen molar-refractivity contribution in [1.82, 2.24) is 5.32 Å². The summed E-state index contributed by atoms with van der Waals surface area (Å²) in [5.74, 6) is 1.03. The Bertz CT molecular complexity index is 439. The zero-order chi connectivity index (χ0) is 13.5. The molecule has 3 rings (SSSR count). The summed E-state index contributed by atoms with van der Waals surface area (Å²) in [6.07, 6.45) is 4.18. The first-order valence-electron chi connectivity index (χ1n) is 7.45. The molecule has 0 aromatic heterocycles. The number of benzene rings is 1. The van der Waals surface area contributed by atoms with Crippen molar-refractivity contribution in [2.75, 3.05) is 13.1 Å². The molecule has 2 nitrogen and oxygen atoms in total. The summed E-state index contributed by atoms with van der Waals surface area (Å²) in [5.41, 5.74) is 2.15. The molecule has 1 aliphatic carbocycles. The monoisotopic (exact) mass is 259 g/mol. The molecule has 1 atom stereocenters. The summed E-state index contributed by atoms with van der Waals surface area (Å²) < 4.78 is 6.15. The lowest BCUT2D eigenvalue weighted by Crippen LogP contribution is -2.52. The first-order valence-corrected chi connectivity index (χ1v) is 7.45. The molecule has 1 spiro atoms. The summed E-state index contributed by atoms with van der Waals surface area (Å²) in [6, 6.07) is 8.66.